The van der Waals surface area contributed by atoms with E-state index in [2.05, 4.69) is 5.32 Å². The molecule has 0 saturated heterocycles. The molecule has 0 spiro atoms. The summed E-state index contributed by atoms with van der Waals surface area (Å²) in [5.41, 5.74) is -0.716. The van der Waals surface area contributed by atoms with Crippen LogP contribution in [0.5, 0.6) is 0 Å². The Balaban J connectivity index is 2.17. The first-order valence-corrected chi connectivity index (χ1v) is 16.4. The summed E-state index contributed by atoms with van der Waals surface area (Å²) in [5, 5.41) is 2.93. The van der Waals surface area contributed by atoms with Gasteiger partial charge in [-0.05, 0) is 49.2 Å². The zero-order valence-electron chi connectivity index (χ0n) is 24.0. The summed E-state index contributed by atoms with van der Waals surface area (Å²) < 4.78 is 67.0. The van der Waals surface area contributed by atoms with Crippen LogP contribution in [0.4, 0.5) is 18.9 Å². The summed E-state index contributed by atoms with van der Waals surface area (Å²) >= 11 is 19.0. The van der Waals surface area contributed by atoms with Gasteiger partial charge in [-0.15, -0.1) is 0 Å². The number of carbonyl (C=O) groups is 2. The second-order valence-corrected chi connectivity index (χ2v) is 13.3. The molecule has 3 aromatic carbocycles. The molecule has 0 bridgehead atoms. The fourth-order valence-electron chi connectivity index (χ4n) is 4.32. The summed E-state index contributed by atoms with van der Waals surface area (Å²) in [5.74, 6) is -1.43. The number of sulfonamides is 1. The van der Waals surface area contributed by atoms with E-state index >= 15 is 0 Å². The standard InChI is InChI=1S/C30H31Cl3F3N3O4S/c1-4-19(2)37-29(41)27(15-20-9-6-5-7-10-20)38(17-22-23(31)11-8-12-24(22)32)28(40)18-39(44(3,42)43)26-16-21(30(34,35)36)13-14-25(26)33/h5-14,16,19,27H,4,15,17-18H2,1-3H3,(H,37,41)/t19-,27-/m0/s1. The molecule has 0 heterocycles. The molecule has 0 unspecified atom stereocenters. The molecule has 3 aromatic rings. The van der Waals surface area contributed by atoms with E-state index in [9.17, 15) is 31.2 Å². The van der Waals surface area contributed by atoms with Crippen molar-refractivity contribution >= 4 is 62.3 Å². The monoisotopic (exact) mass is 691 g/mol. The SMILES string of the molecule is CC[C@H](C)NC(=O)[C@H](Cc1ccccc1)N(Cc1c(Cl)cccc1Cl)C(=O)CN(c1cc(C(F)(F)F)ccc1Cl)S(C)(=O)=O. The number of halogens is 6. The summed E-state index contributed by atoms with van der Waals surface area (Å²) in [6.07, 6.45) is -3.46. The minimum Gasteiger partial charge on any atom is -0.352 e. The highest BCUT2D eigenvalue weighted by Gasteiger charge is 2.36. The molecule has 2 amide bonds. The first kappa shape index (κ1) is 35.5. The first-order chi connectivity index (χ1) is 20.5. The molecule has 3 rings (SSSR count). The topological polar surface area (TPSA) is 86.8 Å². The number of amides is 2. The number of rotatable bonds is 12. The predicted molar refractivity (Wildman–Crippen MR) is 167 cm³/mol. The van der Waals surface area contributed by atoms with Crippen molar-refractivity contribution in [3.63, 3.8) is 0 Å². The van der Waals surface area contributed by atoms with Crippen molar-refractivity contribution in [3.05, 3.63) is 98.5 Å². The Bertz CT molecular complexity index is 1570. The van der Waals surface area contributed by atoms with E-state index in [1.54, 1.807) is 55.5 Å². The lowest BCUT2D eigenvalue weighted by Crippen LogP contribution is -2.54. The molecule has 0 fully saturated rings. The summed E-state index contributed by atoms with van der Waals surface area (Å²) in [7, 11) is -4.37. The summed E-state index contributed by atoms with van der Waals surface area (Å²) in [4.78, 5) is 29.0. The van der Waals surface area contributed by atoms with Crippen molar-refractivity contribution in [3.8, 4) is 0 Å². The zero-order valence-corrected chi connectivity index (χ0v) is 27.1. The van der Waals surface area contributed by atoms with Crippen LogP contribution in [-0.4, -0.2) is 50.0 Å². The van der Waals surface area contributed by atoms with Crippen LogP contribution in [0.15, 0.2) is 66.7 Å². The molecule has 0 radical (unpaired) electrons. The Morgan fingerprint density at radius 3 is 2.09 bits per heavy atom. The van der Waals surface area contributed by atoms with E-state index < -0.39 is 51.9 Å². The van der Waals surface area contributed by atoms with Gasteiger partial charge in [-0.2, -0.15) is 13.2 Å². The molecule has 0 aromatic heterocycles. The lowest BCUT2D eigenvalue weighted by atomic mass is 10.0. The van der Waals surface area contributed by atoms with Gasteiger partial charge in [-0.3, -0.25) is 13.9 Å². The highest BCUT2D eigenvalue weighted by atomic mass is 35.5. The molecule has 0 aliphatic rings. The van der Waals surface area contributed by atoms with Gasteiger partial charge in [0.05, 0.1) is 22.5 Å². The highest BCUT2D eigenvalue weighted by Crippen LogP contribution is 2.36. The molecule has 0 aliphatic heterocycles. The number of alkyl halides is 3. The van der Waals surface area contributed by atoms with E-state index in [1.807, 2.05) is 6.92 Å². The largest absolute Gasteiger partial charge is 0.416 e. The van der Waals surface area contributed by atoms with Gasteiger partial charge >= 0.3 is 6.18 Å². The predicted octanol–water partition coefficient (Wildman–Crippen LogP) is 6.99. The van der Waals surface area contributed by atoms with Crippen LogP contribution in [0.25, 0.3) is 0 Å². The molecule has 1 N–H and O–H groups in total. The molecule has 0 saturated carbocycles. The van der Waals surface area contributed by atoms with E-state index in [4.69, 9.17) is 34.8 Å². The van der Waals surface area contributed by atoms with Crippen LogP contribution in [-0.2, 0) is 38.8 Å². The fraction of sp³-hybridized carbons (Fsp3) is 0.333. The smallest absolute Gasteiger partial charge is 0.352 e. The average molecular weight is 693 g/mol. The number of hydrogen-bond acceptors (Lipinski definition) is 4. The quantitative estimate of drug-likeness (QED) is 0.222. The number of nitrogens with zero attached hydrogens (tertiary/aromatic N) is 2. The van der Waals surface area contributed by atoms with Gasteiger partial charge in [0.1, 0.15) is 12.6 Å². The molecule has 7 nitrogen and oxygen atoms in total. The van der Waals surface area contributed by atoms with E-state index in [1.165, 1.54) is 0 Å². The minimum absolute atomic E-state index is 0.0279. The Kier molecular flexibility index (Phi) is 12.0. The van der Waals surface area contributed by atoms with Crippen LogP contribution in [0.3, 0.4) is 0 Å². The van der Waals surface area contributed by atoms with Crippen molar-refractivity contribution in [2.45, 2.75) is 51.5 Å². The van der Waals surface area contributed by atoms with Gasteiger partial charge < -0.3 is 10.2 Å². The van der Waals surface area contributed by atoms with Gasteiger partial charge in [0.25, 0.3) is 0 Å². The van der Waals surface area contributed by atoms with Crippen LogP contribution >= 0.6 is 34.8 Å². The normalized spacial score (nSPS) is 13.2. The van der Waals surface area contributed by atoms with Gasteiger partial charge in [-0.25, -0.2) is 8.42 Å². The number of benzene rings is 3. The Hall–Kier alpha value is -2.99. The first-order valence-electron chi connectivity index (χ1n) is 13.4. The van der Waals surface area contributed by atoms with Gasteiger partial charge in [0.15, 0.2) is 0 Å². The van der Waals surface area contributed by atoms with Crippen LogP contribution in [0.1, 0.15) is 37.0 Å². The molecule has 44 heavy (non-hydrogen) atoms. The fourth-order valence-corrected chi connectivity index (χ4v) is 5.96. The number of hydrogen-bond donors (Lipinski definition) is 1. The van der Waals surface area contributed by atoms with Crippen LogP contribution in [0.2, 0.25) is 15.1 Å². The third-order valence-electron chi connectivity index (χ3n) is 6.88. The third-order valence-corrected chi connectivity index (χ3v) is 9.04. The molecule has 14 heteroatoms. The maximum absolute atomic E-state index is 14.2. The van der Waals surface area contributed by atoms with Gasteiger partial charge in [0, 0.05) is 34.6 Å². The van der Waals surface area contributed by atoms with Gasteiger partial charge in [0.2, 0.25) is 21.8 Å². The molecular weight excluding hydrogens is 662 g/mol. The molecule has 2 atom stereocenters. The summed E-state index contributed by atoms with van der Waals surface area (Å²) in [6.45, 7) is 2.38. The highest BCUT2D eigenvalue weighted by molar-refractivity contribution is 7.92. The molecular formula is C30H31Cl3F3N3O4S. The number of anilines is 1. The molecule has 238 valence electrons. The van der Waals surface area contributed by atoms with Crippen molar-refractivity contribution in [2.24, 2.45) is 0 Å². The van der Waals surface area contributed by atoms with Crippen LogP contribution in [0, 0.1) is 0 Å². The second-order valence-electron chi connectivity index (χ2n) is 10.2. The van der Waals surface area contributed by atoms with E-state index in [-0.39, 0.29) is 34.1 Å². The third kappa shape index (κ3) is 9.26. The second kappa shape index (κ2) is 14.9. The maximum atomic E-state index is 14.2. The Morgan fingerprint density at radius 2 is 1.55 bits per heavy atom. The minimum atomic E-state index is -4.81. The van der Waals surface area contributed by atoms with Crippen molar-refractivity contribution in [1.82, 2.24) is 10.2 Å². The Morgan fingerprint density at radius 1 is 0.932 bits per heavy atom. The lowest BCUT2D eigenvalue weighted by molar-refractivity contribution is -0.140. The summed E-state index contributed by atoms with van der Waals surface area (Å²) in [6, 6.07) is 14.2. The number of nitrogens with one attached hydrogen (secondary N) is 1. The van der Waals surface area contributed by atoms with Gasteiger partial charge in [-0.1, -0.05) is 78.1 Å². The number of carbonyl (C=O) groups excluding carboxylic acids is 2. The Labute approximate surface area is 269 Å². The van der Waals surface area contributed by atoms with Crippen LogP contribution < -0.4 is 9.62 Å². The maximum Gasteiger partial charge on any atom is 0.416 e. The lowest BCUT2D eigenvalue weighted by Gasteiger charge is -2.34. The van der Waals surface area contributed by atoms with Crippen molar-refractivity contribution < 1.29 is 31.2 Å². The van der Waals surface area contributed by atoms with E-state index in [0.717, 1.165) is 17.2 Å². The molecule has 0 aliphatic carbocycles. The van der Waals surface area contributed by atoms with Crippen molar-refractivity contribution in [1.29, 1.82) is 0 Å². The average Bonchev–Trinajstić information content (AvgIpc) is 2.94. The van der Waals surface area contributed by atoms with E-state index in [0.29, 0.717) is 34.0 Å². The van der Waals surface area contributed by atoms with Crippen molar-refractivity contribution in [2.75, 3.05) is 17.1 Å². The zero-order chi connectivity index (χ0) is 32.8.